The molecule has 0 saturated carbocycles. The lowest BCUT2D eigenvalue weighted by molar-refractivity contribution is -0.136. The Morgan fingerprint density at radius 2 is 1.37 bits per heavy atom. The highest BCUT2D eigenvalue weighted by atomic mass is 16.3. The van der Waals surface area contributed by atoms with Crippen LogP contribution in [0.3, 0.4) is 0 Å². The topological polar surface area (TPSA) is 87.7 Å². The largest absolute Gasteiger partial charge is 0.399 e. The Balaban J connectivity index is 1.92. The molecule has 0 bridgehead atoms. The molecular weight excluding hydrogens is 338 g/mol. The minimum absolute atomic E-state index is 0.467. The number of aliphatic hydroxyl groups is 1. The second kappa shape index (κ2) is 7.85. The summed E-state index contributed by atoms with van der Waals surface area (Å²) in [7, 11) is 0. The first-order chi connectivity index (χ1) is 13.0. The number of nitrogens with zero attached hydrogens (tertiary/aromatic N) is 1. The first-order valence-electron chi connectivity index (χ1n) is 8.56. The van der Waals surface area contributed by atoms with Gasteiger partial charge in [-0.1, -0.05) is 72.8 Å². The molecule has 0 aromatic heterocycles. The third-order valence-electron chi connectivity index (χ3n) is 4.37. The van der Waals surface area contributed by atoms with Crippen LogP contribution in [-0.4, -0.2) is 16.7 Å². The number of carbonyl (C=O) groups excluding carboxylic acids is 1. The molecule has 0 aliphatic heterocycles. The van der Waals surface area contributed by atoms with Crippen molar-refractivity contribution < 1.29 is 9.90 Å². The number of nitrogens with two attached hydrogens (primary N) is 1. The molecule has 0 aliphatic carbocycles. The van der Waals surface area contributed by atoms with E-state index in [0.717, 1.165) is 5.56 Å². The van der Waals surface area contributed by atoms with Gasteiger partial charge in [-0.05, 0) is 35.7 Å². The fraction of sp³-hybridized carbons (Fsp3) is 0.0909. The maximum Gasteiger partial charge on any atom is 0.281 e. The SMILES string of the molecule is C/C(=N/NC(=O)C(O)(c1ccccc1)c1ccccc1)c1ccc(N)cc1. The van der Waals surface area contributed by atoms with Crippen LogP contribution in [0.1, 0.15) is 23.6 Å². The van der Waals surface area contributed by atoms with Crippen LogP contribution in [0.25, 0.3) is 0 Å². The van der Waals surface area contributed by atoms with Crippen molar-refractivity contribution in [3.05, 3.63) is 102 Å². The molecule has 1 amide bonds. The van der Waals surface area contributed by atoms with E-state index in [1.807, 2.05) is 24.3 Å². The number of nitrogens with one attached hydrogen (secondary N) is 1. The van der Waals surface area contributed by atoms with Crippen LogP contribution in [0.15, 0.2) is 90.0 Å². The molecule has 136 valence electrons. The Bertz CT molecular complexity index is 897. The van der Waals surface area contributed by atoms with Crippen molar-refractivity contribution in [3.63, 3.8) is 0 Å². The van der Waals surface area contributed by atoms with Crippen molar-refractivity contribution in [2.45, 2.75) is 12.5 Å². The number of rotatable bonds is 5. The number of benzene rings is 3. The van der Waals surface area contributed by atoms with Gasteiger partial charge in [-0.2, -0.15) is 5.10 Å². The smallest absolute Gasteiger partial charge is 0.281 e. The molecule has 0 atom stereocenters. The highest BCUT2D eigenvalue weighted by molar-refractivity contribution is 6.00. The maximum absolute atomic E-state index is 13.0. The lowest BCUT2D eigenvalue weighted by Crippen LogP contribution is -2.43. The average Bonchev–Trinajstić information content (AvgIpc) is 2.73. The second-order valence-electron chi connectivity index (χ2n) is 6.20. The molecule has 0 saturated heterocycles. The normalized spacial score (nSPS) is 11.9. The molecule has 3 aromatic rings. The van der Waals surface area contributed by atoms with Crippen LogP contribution in [0.5, 0.6) is 0 Å². The Kier molecular flexibility index (Phi) is 5.33. The van der Waals surface area contributed by atoms with Crippen LogP contribution in [-0.2, 0) is 10.4 Å². The van der Waals surface area contributed by atoms with Gasteiger partial charge in [0.2, 0.25) is 0 Å². The maximum atomic E-state index is 13.0. The standard InChI is InChI=1S/C22H21N3O2/c1-16(17-12-14-20(23)15-13-17)24-25-21(26)22(27,18-8-4-2-5-9-18)19-10-6-3-7-11-19/h2-15,27H,23H2,1H3,(H,25,26)/b24-16-. The molecule has 0 fully saturated rings. The van der Waals surface area contributed by atoms with E-state index in [-0.39, 0.29) is 0 Å². The fourth-order valence-corrected chi connectivity index (χ4v) is 2.79. The molecule has 4 N–H and O–H groups in total. The van der Waals surface area contributed by atoms with Crippen molar-refractivity contribution in [2.75, 3.05) is 5.73 Å². The number of hydrazone groups is 1. The molecule has 27 heavy (non-hydrogen) atoms. The zero-order chi connectivity index (χ0) is 19.3. The highest BCUT2D eigenvalue weighted by Crippen LogP contribution is 2.29. The molecular formula is C22H21N3O2. The molecule has 5 nitrogen and oxygen atoms in total. The van der Waals surface area contributed by atoms with Crippen molar-refractivity contribution in [2.24, 2.45) is 5.10 Å². The van der Waals surface area contributed by atoms with Gasteiger partial charge in [0.1, 0.15) is 0 Å². The minimum Gasteiger partial charge on any atom is -0.399 e. The molecule has 0 unspecified atom stereocenters. The number of amides is 1. The molecule has 0 aliphatic rings. The quantitative estimate of drug-likeness (QED) is 0.372. The first-order valence-corrected chi connectivity index (χ1v) is 8.56. The van der Waals surface area contributed by atoms with Crippen molar-refractivity contribution >= 4 is 17.3 Å². The van der Waals surface area contributed by atoms with E-state index >= 15 is 0 Å². The molecule has 0 heterocycles. The Labute approximate surface area is 158 Å². The predicted molar refractivity (Wildman–Crippen MR) is 107 cm³/mol. The van der Waals surface area contributed by atoms with Gasteiger partial charge in [0.25, 0.3) is 5.91 Å². The zero-order valence-electron chi connectivity index (χ0n) is 15.0. The summed E-state index contributed by atoms with van der Waals surface area (Å²) < 4.78 is 0. The lowest BCUT2D eigenvalue weighted by Gasteiger charge is -2.27. The van der Waals surface area contributed by atoms with Gasteiger partial charge in [-0.3, -0.25) is 4.79 Å². The summed E-state index contributed by atoms with van der Waals surface area (Å²) in [4.78, 5) is 13.0. The van der Waals surface area contributed by atoms with Crippen LogP contribution in [0.2, 0.25) is 0 Å². The van der Waals surface area contributed by atoms with Crippen molar-refractivity contribution in [1.29, 1.82) is 0 Å². The number of anilines is 1. The summed E-state index contributed by atoms with van der Waals surface area (Å²) in [6.45, 7) is 1.77. The van der Waals surface area contributed by atoms with E-state index in [4.69, 9.17) is 5.73 Å². The Hall–Kier alpha value is -3.44. The van der Waals surface area contributed by atoms with Crippen molar-refractivity contribution in [3.8, 4) is 0 Å². The van der Waals surface area contributed by atoms with E-state index in [1.165, 1.54) is 0 Å². The van der Waals surface area contributed by atoms with E-state index < -0.39 is 11.5 Å². The molecule has 3 aromatic carbocycles. The molecule has 5 heteroatoms. The van der Waals surface area contributed by atoms with Crippen LogP contribution >= 0.6 is 0 Å². The van der Waals surface area contributed by atoms with Crippen LogP contribution in [0.4, 0.5) is 5.69 Å². The number of hydrogen-bond acceptors (Lipinski definition) is 4. The summed E-state index contributed by atoms with van der Waals surface area (Å²) in [5.41, 5.74) is 9.35. The van der Waals surface area contributed by atoms with E-state index in [9.17, 15) is 9.90 Å². The Morgan fingerprint density at radius 1 is 0.889 bits per heavy atom. The summed E-state index contributed by atoms with van der Waals surface area (Å²) in [5.74, 6) is -0.630. The number of hydrogen-bond donors (Lipinski definition) is 3. The number of carbonyl (C=O) groups is 1. The van der Waals surface area contributed by atoms with Gasteiger partial charge in [0.15, 0.2) is 5.60 Å². The first kappa shape index (κ1) is 18.4. The van der Waals surface area contributed by atoms with Gasteiger partial charge in [-0.15, -0.1) is 0 Å². The van der Waals surface area contributed by atoms with Crippen LogP contribution in [0, 0.1) is 0 Å². The summed E-state index contributed by atoms with van der Waals surface area (Å²) >= 11 is 0. The minimum atomic E-state index is -1.85. The monoisotopic (exact) mass is 359 g/mol. The van der Waals surface area contributed by atoms with Crippen LogP contribution < -0.4 is 11.2 Å². The third-order valence-corrected chi connectivity index (χ3v) is 4.37. The fourth-order valence-electron chi connectivity index (χ4n) is 2.79. The van der Waals surface area contributed by atoms with Gasteiger partial charge >= 0.3 is 0 Å². The number of nitrogen functional groups attached to an aromatic ring is 1. The third kappa shape index (κ3) is 3.88. The van der Waals surface area contributed by atoms with Gasteiger partial charge < -0.3 is 10.8 Å². The molecule has 3 rings (SSSR count). The summed E-state index contributed by atoms with van der Waals surface area (Å²) in [6.07, 6.45) is 0. The summed E-state index contributed by atoms with van der Waals surface area (Å²) in [6, 6.07) is 24.8. The second-order valence-corrected chi connectivity index (χ2v) is 6.20. The van der Waals surface area contributed by atoms with E-state index in [0.29, 0.717) is 22.5 Å². The lowest BCUT2D eigenvalue weighted by atomic mass is 9.85. The van der Waals surface area contributed by atoms with Gasteiger partial charge in [0.05, 0.1) is 5.71 Å². The predicted octanol–water partition coefficient (Wildman–Crippen LogP) is 3.05. The summed E-state index contributed by atoms with van der Waals surface area (Å²) in [5, 5.41) is 15.5. The zero-order valence-corrected chi connectivity index (χ0v) is 15.0. The molecule has 0 spiro atoms. The van der Waals surface area contributed by atoms with Crippen molar-refractivity contribution in [1.82, 2.24) is 5.43 Å². The van der Waals surface area contributed by atoms with E-state index in [2.05, 4.69) is 10.5 Å². The average molecular weight is 359 g/mol. The van der Waals surface area contributed by atoms with E-state index in [1.54, 1.807) is 67.6 Å². The Morgan fingerprint density at radius 3 is 1.85 bits per heavy atom. The highest BCUT2D eigenvalue weighted by Gasteiger charge is 2.39. The van der Waals surface area contributed by atoms with Gasteiger partial charge in [0, 0.05) is 5.69 Å². The van der Waals surface area contributed by atoms with Gasteiger partial charge in [-0.25, -0.2) is 5.43 Å². The molecule has 0 radical (unpaired) electrons.